The molecule has 0 aromatic heterocycles. The summed E-state index contributed by atoms with van der Waals surface area (Å²) in [5.74, 6) is -0.870. The molecule has 1 aromatic carbocycles. The second-order valence-electron chi connectivity index (χ2n) is 2.83. The van der Waals surface area contributed by atoms with E-state index >= 15 is 0 Å². The van der Waals surface area contributed by atoms with Crippen molar-refractivity contribution in [1.29, 1.82) is 0 Å². The normalized spacial score (nSPS) is 12.6. The zero-order valence-electron chi connectivity index (χ0n) is 7.70. The van der Waals surface area contributed by atoms with Gasteiger partial charge in [-0.25, -0.2) is 4.39 Å². The molecule has 0 aliphatic carbocycles. The number of methoxy groups -OCH3 is 1. The molecule has 0 spiro atoms. The Morgan fingerprint density at radius 1 is 1.57 bits per heavy atom. The van der Waals surface area contributed by atoms with Crippen LogP contribution in [-0.4, -0.2) is 23.9 Å². The highest BCUT2D eigenvalue weighted by atomic mass is 19.1. The number of rotatable bonds is 3. The van der Waals surface area contributed by atoms with Crippen LogP contribution in [0.4, 0.5) is 4.39 Å². The Kier molecular flexibility index (Phi) is 3.27. The standard InChI is InChI=1S/C9H12FNO3/c1-14-9-3-8(13)5(2-6(9)10)7(11)4-12/h2-3,7,12-13H,4,11H2,1H3. The average molecular weight is 201 g/mol. The van der Waals surface area contributed by atoms with E-state index < -0.39 is 11.9 Å². The maximum atomic E-state index is 13.2. The molecular weight excluding hydrogens is 189 g/mol. The molecule has 1 atom stereocenters. The minimum absolute atomic E-state index is 0.0589. The Morgan fingerprint density at radius 2 is 2.21 bits per heavy atom. The molecule has 0 saturated carbocycles. The van der Waals surface area contributed by atoms with Gasteiger partial charge in [0, 0.05) is 11.6 Å². The van der Waals surface area contributed by atoms with Gasteiger partial charge >= 0.3 is 0 Å². The van der Waals surface area contributed by atoms with Gasteiger partial charge in [0.1, 0.15) is 5.75 Å². The first kappa shape index (κ1) is 10.7. The van der Waals surface area contributed by atoms with E-state index in [9.17, 15) is 9.50 Å². The largest absolute Gasteiger partial charge is 0.507 e. The fourth-order valence-corrected chi connectivity index (χ4v) is 1.11. The van der Waals surface area contributed by atoms with Gasteiger partial charge in [-0.15, -0.1) is 0 Å². The van der Waals surface area contributed by atoms with Crippen molar-refractivity contribution in [1.82, 2.24) is 0 Å². The van der Waals surface area contributed by atoms with Crippen LogP contribution in [-0.2, 0) is 0 Å². The van der Waals surface area contributed by atoms with Crippen molar-refractivity contribution in [2.24, 2.45) is 5.73 Å². The molecular formula is C9H12FNO3. The van der Waals surface area contributed by atoms with Crippen molar-refractivity contribution in [3.8, 4) is 11.5 Å². The predicted octanol–water partition coefficient (Wildman–Crippen LogP) is 0.532. The number of halogens is 1. The molecule has 4 nitrogen and oxygen atoms in total. The summed E-state index contributed by atoms with van der Waals surface area (Å²) in [5.41, 5.74) is 5.60. The number of hydrogen-bond acceptors (Lipinski definition) is 4. The van der Waals surface area contributed by atoms with Gasteiger partial charge in [-0.1, -0.05) is 0 Å². The molecule has 1 rings (SSSR count). The van der Waals surface area contributed by atoms with Gasteiger partial charge in [-0.2, -0.15) is 0 Å². The molecule has 1 aromatic rings. The molecule has 1 unspecified atom stereocenters. The molecule has 78 valence electrons. The highest BCUT2D eigenvalue weighted by Crippen LogP contribution is 2.29. The smallest absolute Gasteiger partial charge is 0.165 e. The molecule has 4 N–H and O–H groups in total. The lowest BCUT2D eigenvalue weighted by atomic mass is 10.1. The van der Waals surface area contributed by atoms with Crippen molar-refractivity contribution in [2.45, 2.75) is 6.04 Å². The summed E-state index contributed by atoms with van der Waals surface area (Å²) in [6.07, 6.45) is 0. The Bertz CT molecular complexity index is 330. The highest BCUT2D eigenvalue weighted by Gasteiger charge is 2.14. The van der Waals surface area contributed by atoms with Crippen LogP contribution in [0.1, 0.15) is 11.6 Å². The summed E-state index contributed by atoms with van der Waals surface area (Å²) in [6, 6.07) is 1.38. The first-order valence-corrected chi connectivity index (χ1v) is 4.03. The minimum atomic E-state index is -0.796. The summed E-state index contributed by atoms with van der Waals surface area (Å²) in [5, 5.41) is 18.2. The number of aliphatic hydroxyl groups excluding tert-OH is 1. The van der Waals surface area contributed by atoms with E-state index in [4.69, 9.17) is 10.8 Å². The predicted molar refractivity (Wildman–Crippen MR) is 48.6 cm³/mol. The van der Waals surface area contributed by atoms with E-state index in [0.717, 1.165) is 12.1 Å². The molecule has 0 radical (unpaired) electrons. The molecule has 0 fully saturated rings. The number of phenols is 1. The van der Waals surface area contributed by atoms with Gasteiger partial charge in [0.25, 0.3) is 0 Å². The quantitative estimate of drug-likeness (QED) is 0.666. The van der Waals surface area contributed by atoms with Gasteiger partial charge in [-0.05, 0) is 6.07 Å². The highest BCUT2D eigenvalue weighted by molar-refractivity contribution is 5.42. The summed E-state index contributed by atoms with van der Waals surface area (Å²) in [7, 11) is 1.30. The number of ether oxygens (including phenoxy) is 1. The zero-order valence-corrected chi connectivity index (χ0v) is 7.70. The number of aromatic hydroxyl groups is 1. The monoisotopic (exact) mass is 201 g/mol. The van der Waals surface area contributed by atoms with Gasteiger partial charge in [0.2, 0.25) is 0 Å². The molecule has 0 heterocycles. The van der Waals surface area contributed by atoms with Crippen molar-refractivity contribution in [3.05, 3.63) is 23.5 Å². The summed E-state index contributed by atoms with van der Waals surface area (Å²) < 4.78 is 17.8. The molecule has 0 saturated heterocycles. The molecule has 0 aliphatic heterocycles. The summed E-state index contributed by atoms with van der Waals surface area (Å²) in [6.45, 7) is -0.362. The second-order valence-corrected chi connectivity index (χ2v) is 2.83. The first-order chi connectivity index (χ1) is 6.60. The molecule has 0 bridgehead atoms. The van der Waals surface area contributed by atoms with Gasteiger partial charge in [-0.3, -0.25) is 0 Å². The lowest BCUT2D eigenvalue weighted by Gasteiger charge is -2.12. The van der Waals surface area contributed by atoms with E-state index in [-0.39, 0.29) is 23.7 Å². The van der Waals surface area contributed by atoms with Crippen LogP contribution < -0.4 is 10.5 Å². The zero-order chi connectivity index (χ0) is 10.7. The minimum Gasteiger partial charge on any atom is -0.507 e. The second kappa shape index (κ2) is 4.26. The van der Waals surface area contributed by atoms with Crippen LogP contribution in [0.2, 0.25) is 0 Å². The van der Waals surface area contributed by atoms with Crippen molar-refractivity contribution < 1.29 is 19.3 Å². The molecule has 0 amide bonds. The third kappa shape index (κ3) is 1.94. The summed E-state index contributed by atoms with van der Waals surface area (Å²) >= 11 is 0. The molecule has 5 heteroatoms. The van der Waals surface area contributed by atoms with E-state index in [1.807, 2.05) is 0 Å². The third-order valence-electron chi connectivity index (χ3n) is 1.90. The average Bonchev–Trinajstić information content (AvgIpc) is 2.19. The molecule has 14 heavy (non-hydrogen) atoms. The van der Waals surface area contributed by atoms with Crippen molar-refractivity contribution >= 4 is 0 Å². The summed E-state index contributed by atoms with van der Waals surface area (Å²) in [4.78, 5) is 0. The third-order valence-corrected chi connectivity index (χ3v) is 1.90. The lowest BCUT2D eigenvalue weighted by Crippen LogP contribution is -2.15. The number of aliphatic hydroxyl groups is 1. The number of hydrogen-bond donors (Lipinski definition) is 3. The van der Waals surface area contributed by atoms with Crippen LogP contribution in [0.15, 0.2) is 12.1 Å². The maximum Gasteiger partial charge on any atom is 0.165 e. The fourth-order valence-electron chi connectivity index (χ4n) is 1.11. The van der Waals surface area contributed by atoms with Crippen molar-refractivity contribution in [2.75, 3.05) is 13.7 Å². The van der Waals surface area contributed by atoms with Crippen molar-refractivity contribution in [3.63, 3.8) is 0 Å². The number of phenolic OH excluding ortho intramolecular Hbond substituents is 1. The van der Waals surface area contributed by atoms with Crippen LogP contribution >= 0.6 is 0 Å². The lowest BCUT2D eigenvalue weighted by molar-refractivity contribution is 0.264. The van der Waals surface area contributed by atoms with E-state index in [1.54, 1.807) is 0 Å². The van der Waals surface area contributed by atoms with Gasteiger partial charge in [0.05, 0.1) is 19.8 Å². The van der Waals surface area contributed by atoms with Crippen LogP contribution in [0.5, 0.6) is 11.5 Å². The van der Waals surface area contributed by atoms with E-state index in [1.165, 1.54) is 7.11 Å². The Morgan fingerprint density at radius 3 is 2.71 bits per heavy atom. The van der Waals surface area contributed by atoms with Gasteiger partial charge < -0.3 is 20.7 Å². The first-order valence-electron chi connectivity index (χ1n) is 4.03. The fraction of sp³-hybridized carbons (Fsp3) is 0.333. The Hall–Kier alpha value is -1.33. The Balaban J connectivity index is 3.14. The van der Waals surface area contributed by atoms with Crippen LogP contribution in [0.25, 0.3) is 0 Å². The van der Waals surface area contributed by atoms with Crippen LogP contribution in [0, 0.1) is 5.82 Å². The maximum absolute atomic E-state index is 13.2. The van der Waals surface area contributed by atoms with E-state index in [0.29, 0.717) is 0 Å². The SMILES string of the molecule is COc1cc(O)c(C(N)CO)cc1F. The molecule has 0 aliphatic rings. The number of nitrogens with two attached hydrogens (primary N) is 1. The topological polar surface area (TPSA) is 75.7 Å². The van der Waals surface area contributed by atoms with Crippen LogP contribution in [0.3, 0.4) is 0 Å². The van der Waals surface area contributed by atoms with E-state index in [2.05, 4.69) is 4.74 Å². The number of benzene rings is 1. The Labute approximate surface area is 80.7 Å². The van der Waals surface area contributed by atoms with Gasteiger partial charge in [0.15, 0.2) is 11.6 Å².